The van der Waals surface area contributed by atoms with E-state index in [4.69, 9.17) is 21.1 Å². The minimum absolute atomic E-state index is 0.0330. The summed E-state index contributed by atoms with van der Waals surface area (Å²) >= 11 is 5.84. The molecule has 0 radical (unpaired) electrons. The van der Waals surface area contributed by atoms with Crippen molar-refractivity contribution in [2.75, 3.05) is 20.8 Å². The maximum absolute atomic E-state index is 13.4. The number of nitrogens with one attached hydrogen (secondary N) is 1. The molecular formula is C25H22ClFN2O5. The number of carbonyl (C=O) groups is 3. The van der Waals surface area contributed by atoms with E-state index in [1.54, 1.807) is 24.3 Å². The molecule has 7 nitrogen and oxygen atoms in total. The molecule has 0 aliphatic carbocycles. The third-order valence-corrected chi connectivity index (χ3v) is 5.24. The molecular weight excluding hydrogens is 463 g/mol. The van der Waals surface area contributed by atoms with Crippen LogP contribution in [0.5, 0.6) is 11.5 Å². The lowest BCUT2D eigenvalue weighted by Crippen LogP contribution is -2.24. The number of Topliss-reactive ketones (excluding diaryl/α,β-unsaturated/α-hetero) is 2. The quantitative estimate of drug-likeness (QED) is 0.425. The topological polar surface area (TPSA) is 94.6 Å². The predicted octanol–water partition coefficient (Wildman–Crippen LogP) is 4.52. The average Bonchev–Trinajstić information content (AvgIpc) is 2.87. The van der Waals surface area contributed by atoms with Gasteiger partial charge in [0.2, 0.25) is 0 Å². The standard InChI is InChI=1S/C25H22ClFN2O5/c1-28-25(32)14-34-23-11-7-16(13-24(23)33-2)21(30)9-10-22(31)20-5-3-4-19(29-20)15-6-8-18(27)17(26)12-15/h3-8,11-13H,9-10,14H2,1-2H3,(H,28,32). The van der Waals surface area contributed by atoms with Crippen molar-refractivity contribution in [3.05, 3.63) is 76.7 Å². The van der Waals surface area contributed by atoms with Gasteiger partial charge in [-0.25, -0.2) is 9.37 Å². The molecule has 1 N–H and O–H groups in total. The number of benzene rings is 2. The number of hydrogen-bond acceptors (Lipinski definition) is 6. The summed E-state index contributed by atoms with van der Waals surface area (Å²) in [7, 11) is 2.92. The van der Waals surface area contributed by atoms with Crippen LogP contribution in [0.1, 0.15) is 33.7 Å². The number of likely N-dealkylation sites (N-methyl/N-ethyl adjacent to an activating group) is 1. The molecule has 0 saturated heterocycles. The monoisotopic (exact) mass is 484 g/mol. The highest BCUT2D eigenvalue weighted by atomic mass is 35.5. The van der Waals surface area contributed by atoms with Gasteiger partial charge >= 0.3 is 0 Å². The number of aromatic nitrogens is 1. The van der Waals surface area contributed by atoms with Crippen molar-refractivity contribution in [1.82, 2.24) is 10.3 Å². The summed E-state index contributed by atoms with van der Waals surface area (Å²) in [6.45, 7) is -0.190. The van der Waals surface area contributed by atoms with Gasteiger partial charge in [-0.15, -0.1) is 0 Å². The molecule has 0 unspecified atom stereocenters. The molecule has 0 atom stereocenters. The minimum atomic E-state index is -0.543. The van der Waals surface area contributed by atoms with Crippen LogP contribution in [0.3, 0.4) is 0 Å². The maximum atomic E-state index is 13.4. The summed E-state index contributed by atoms with van der Waals surface area (Å²) in [6, 6.07) is 13.7. The highest BCUT2D eigenvalue weighted by molar-refractivity contribution is 6.31. The molecule has 1 aromatic heterocycles. The smallest absolute Gasteiger partial charge is 0.257 e. The number of ketones is 2. The van der Waals surface area contributed by atoms with Crippen molar-refractivity contribution in [3.63, 3.8) is 0 Å². The molecule has 1 heterocycles. The lowest BCUT2D eigenvalue weighted by atomic mass is 10.0. The van der Waals surface area contributed by atoms with E-state index in [-0.39, 0.29) is 47.6 Å². The predicted molar refractivity (Wildman–Crippen MR) is 125 cm³/mol. The fourth-order valence-corrected chi connectivity index (χ4v) is 3.26. The Hall–Kier alpha value is -3.78. The third-order valence-electron chi connectivity index (χ3n) is 4.95. The highest BCUT2D eigenvalue weighted by Crippen LogP contribution is 2.29. The van der Waals surface area contributed by atoms with Gasteiger partial charge in [0.25, 0.3) is 5.91 Å². The highest BCUT2D eigenvalue weighted by Gasteiger charge is 2.16. The summed E-state index contributed by atoms with van der Waals surface area (Å²) < 4.78 is 24.1. The zero-order valence-electron chi connectivity index (χ0n) is 18.6. The molecule has 2 aromatic carbocycles. The Balaban J connectivity index is 1.66. The van der Waals surface area contributed by atoms with Crippen molar-refractivity contribution in [3.8, 4) is 22.8 Å². The second-order valence-electron chi connectivity index (χ2n) is 7.21. The van der Waals surface area contributed by atoms with Gasteiger partial charge in [0.05, 0.1) is 17.8 Å². The van der Waals surface area contributed by atoms with Crippen LogP contribution in [0.15, 0.2) is 54.6 Å². The molecule has 0 aliphatic rings. The number of methoxy groups -OCH3 is 1. The third kappa shape index (κ3) is 6.17. The number of pyridine rings is 1. The summed E-state index contributed by atoms with van der Waals surface area (Å²) in [6.07, 6.45) is -0.0780. The SMILES string of the molecule is CNC(=O)COc1ccc(C(=O)CCC(=O)c2cccc(-c3ccc(F)c(Cl)c3)n2)cc1OC. The summed E-state index contributed by atoms with van der Waals surface area (Å²) in [5.74, 6) is -0.791. The molecule has 176 valence electrons. The molecule has 0 aliphatic heterocycles. The first-order chi connectivity index (χ1) is 16.3. The molecule has 3 rings (SSSR count). The van der Waals surface area contributed by atoms with Crippen LogP contribution >= 0.6 is 11.6 Å². The zero-order chi connectivity index (χ0) is 24.7. The Bertz CT molecular complexity index is 1230. The van der Waals surface area contributed by atoms with Crippen molar-refractivity contribution >= 4 is 29.1 Å². The minimum Gasteiger partial charge on any atom is -0.493 e. The fourth-order valence-electron chi connectivity index (χ4n) is 3.08. The Morgan fingerprint density at radius 1 is 1.00 bits per heavy atom. The molecule has 0 fully saturated rings. The van der Waals surface area contributed by atoms with Crippen molar-refractivity contribution in [2.45, 2.75) is 12.8 Å². The van der Waals surface area contributed by atoms with Crippen LogP contribution in [0.2, 0.25) is 5.02 Å². The first-order valence-electron chi connectivity index (χ1n) is 10.3. The molecule has 0 spiro atoms. The second-order valence-corrected chi connectivity index (χ2v) is 7.62. The normalized spacial score (nSPS) is 10.5. The van der Waals surface area contributed by atoms with Crippen LogP contribution in [-0.2, 0) is 4.79 Å². The number of hydrogen-bond donors (Lipinski definition) is 1. The van der Waals surface area contributed by atoms with Gasteiger partial charge < -0.3 is 14.8 Å². The number of ether oxygens (including phenoxy) is 2. The van der Waals surface area contributed by atoms with Gasteiger partial charge in [-0.2, -0.15) is 0 Å². The van der Waals surface area contributed by atoms with Crippen LogP contribution in [0.4, 0.5) is 4.39 Å². The fraction of sp³-hybridized carbons (Fsp3) is 0.200. The Morgan fingerprint density at radius 3 is 2.47 bits per heavy atom. The number of nitrogens with zero attached hydrogens (tertiary/aromatic N) is 1. The van der Waals surface area contributed by atoms with Gasteiger partial charge in [0, 0.05) is 31.0 Å². The van der Waals surface area contributed by atoms with Gasteiger partial charge in [-0.05, 0) is 48.5 Å². The first-order valence-corrected chi connectivity index (χ1v) is 10.7. The molecule has 9 heteroatoms. The van der Waals surface area contributed by atoms with Gasteiger partial charge in [0.1, 0.15) is 11.5 Å². The van der Waals surface area contributed by atoms with Crippen molar-refractivity contribution in [1.29, 1.82) is 0 Å². The van der Waals surface area contributed by atoms with Gasteiger partial charge in [0.15, 0.2) is 29.7 Å². The molecule has 1 amide bonds. The number of amides is 1. The van der Waals surface area contributed by atoms with E-state index in [2.05, 4.69) is 10.3 Å². The molecule has 34 heavy (non-hydrogen) atoms. The van der Waals surface area contributed by atoms with E-state index < -0.39 is 5.82 Å². The van der Waals surface area contributed by atoms with Crippen molar-refractivity contribution in [2.24, 2.45) is 0 Å². The van der Waals surface area contributed by atoms with E-state index in [9.17, 15) is 18.8 Å². The van der Waals surface area contributed by atoms with Gasteiger partial charge in [-0.1, -0.05) is 17.7 Å². The van der Waals surface area contributed by atoms with Crippen LogP contribution in [0, 0.1) is 5.82 Å². The Morgan fingerprint density at radius 2 is 1.76 bits per heavy atom. The largest absolute Gasteiger partial charge is 0.493 e. The first kappa shape index (κ1) is 24.9. The van der Waals surface area contributed by atoms with E-state index in [0.29, 0.717) is 28.3 Å². The summed E-state index contributed by atoms with van der Waals surface area (Å²) in [4.78, 5) is 41.0. The lowest BCUT2D eigenvalue weighted by Gasteiger charge is -2.11. The average molecular weight is 485 g/mol. The van der Waals surface area contributed by atoms with E-state index >= 15 is 0 Å². The Kier molecular flexibility index (Phi) is 8.32. The Labute approximate surface area is 200 Å². The van der Waals surface area contributed by atoms with E-state index in [1.165, 1.54) is 44.5 Å². The van der Waals surface area contributed by atoms with E-state index in [1.807, 2.05) is 0 Å². The summed E-state index contributed by atoms with van der Waals surface area (Å²) in [5.41, 5.74) is 1.58. The van der Waals surface area contributed by atoms with Crippen LogP contribution < -0.4 is 14.8 Å². The number of carbonyl (C=O) groups excluding carboxylic acids is 3. The molecule has 0 bridgehead atoms. The molecule has 3 aromatic rings. The van der Waals surface area contributed by atoms with Crippen LogP contribution in [-0.4, -0.2) is 43.2 Å². The lowest BCUT2D eigenvalue weighted by molar-refractivity contribution is -0.122. The maximum Gasteiger partial charge on any atom is 0.257 e. The second kappa shape index (κ2) is 11.4. The van der Waals surface area contributed by atoms with Gasteiger partial charge in [-0.3, -0.25) is 14.4 Å². The van der Waals surface area contributed by atoms with Crippen LogP contribution in [0.25, 0.3) is 11.3 Å². The molecule has 0 saturated carbocycles. The number of rotatable bonds is 10. The van der Waals surface area contributed by atoms with Crippen molar-refractivity contribution < 1.29 is 28.2 Å². The number of halogens is 2. The van der Waals surface area contributed by atoms with E-state index in [0.717, 1.165) is 0 Å². The summed E-state index contributed by atoms with van der Waals surface area (Å²) in [5, 5.41) is 2.40. The zero-order valence-corrected chi connectivity index (χ0v) is 19.3.